The van der Waals surface area contributed by atoms with Crippen LogP contribution in [0.1, 0.15) is 40.5 Å². The Balaban J connectivity index is 3.86. The van der Waals surface area contributed by atoms with Gasteiger partial charge in [0.15, 0.2) is 0 Å². The minimum absolute atomic E-state index is 0.00539. The first-order valence-electron chi connectivity index (χ1n) is 6.15. The number of rotatable bonds is 7. The lowest BCUT2D eigenvalue weighted by Crippen LogP contribution is -2.45. The van der Waals surface area contributed by atoms with Gasteiger partial charge in [-0.15, -0.1) is 0 Å². The van der Waals surface area contributed by atoms with E-state index in [0.717, 1.165) is 0 Å². The smallest absolute Gasteiger partial charge is 0.242 e. The van der Waals surface area contributed by atoms with Crippen molar-refractivity contribution < 1.29 is 9.59 Å². The number of nitrogens with one attached hydrogen (secondary N) is 2. The summed E-state index contributed by atoms with van der Waals surface area (Å²) in [4.78, 5) is 23.0. The van der Waals surface area contributed by atoms with Crippen LogP contribution in [-0.2, 0) is 9.59 Å². The standard InChI is InChI=1S/C12H25N3O2/c1-8(2)7-14-12(17)10(4)15-11(16)6-5-9(3)13/h8-10H,5-7,13H2,1-4H3,(H,14,17)(H,15,16). The normalized spacial score (nSPS) is 14.2. The molecule has 0 bridgehead atoms. The van der Waals surface area contributed by atoms with Gasteiger partial charge in [0.2, 0.25) is 11.8 Å². The van der Waals surface area contributed by atoms with E-state index in [1.165, 1.54) is 0 Å². The molecule has 0 aromatic heterocycles. The summed E-state index contributed by atoms with van der Waals surface area (Å²) in [7, 11) is 0. The van der Waals surface area contributed by atoms with Gasteiger partial charge in [0, 0.05) is 19.0 Å². The molecule has 0 radical (unpaired) electrons. The number of hydrogen-bond acceptors (Lipinski definition) is 3. The zero-order chi connectivity index (χ0) is 13.4. The van der Waals surface area contributed by atoms with Gasteiger partial charge in [-0.2, -0.15) is 0 Å². The van der Waals surface area contributed by atoms with Gasteiger partial charge < -0.3 is 16.4 Å². The maximum absolute atomic E-state index is 11.6. The number of hydrogen-bond donors (Lipinski definition) is 3. The van der Waals surface area contributed by atoms with Gasteiger partial charge in [-0.05, 0) is 26.2 Å². The van der Waals surface area contributed by atoms with Crippen LogP contribution in [0.3, 0.4) is 0 Å². The van der Waals surface area contributed by atoms with Gasteiger partial charge >= 0.3 is 0 Å². The Bertz CT molecular complexity index is 252. The van der Waals surface area contributed by atoms with Gasteiger partial charge in [0.25, 0.3) is 0 Å². The summed E-state index contributed by atoms with van der Waals surface area (Å²) in [5.74, 6) is 0.127. The fraction of sp³-hybridized carbons (Fsp3) is 0.833. The summed E-state index contributed by atoms with van der Waals surface area (Å²) >= 11 is 0. The van der Waals surface area contributed by atoms with E-state index >= 15 is 0 Å². The van der Waals surface area contributed by atoms with Crippen LogP contribution in [0.2, 0.25) is 0 Å². The van der Waals surface area contributed by atoms with Crippen LogP contribution in [0.5, 0.6) is 0 Å². The molecule has 2 atom stereocenters. The molecule has 0 rings (SSSR count). The predicted octanol–water partition coefficient (Wildman–Crippen LogP) is 0.391. The highest BCUT2D eigenvalue weighted by Gasteiger charge is 2.15. The molecular formula is C12H25N3O2. The van der Waals surface area contributed by atoms with Crippen molar-refractivity contribution in [2.75, 3.05) is 6.54 Å². The molecule has 0 fully saturated rings. The second-order valence-electron chi connectivity index (χ2n) is 4.94. The zero-order valence-corrected chi connectivity index (χ0v) is 11.2. The van der Waals surface area contributed by atoms with Crippen molar-refractivity contribution in [1.82, 2.24) is 10.6 Å². The Hall–Kier alpha value is -1.10. The van der Waals surface area contributed by atoms with E-state index in [4.69, 9.17) is 5.73 Å². The first-order chi connectivity index (χ1) is 7.82. The molecule has 2 amide bonds. The van der Waals surface area contributed by atoms with E-state index in [1.54, 1.807) is 6.92 Å². The average molecular weight is 243 g/mol. The van der Waals surface area contributed by atoms with Crippen LogP contribution in [0, 0.1) is 5.92 Å². The Labute approximate surface area is 104 Å². The SMILES string of the molecule is CC(C)CNC(=O)C(C)NC(=O)CCC(C)N. The fourth-order valence-corrected chi connectivity index (χ4v) is 1.20. The molecule has 4 N–H and O–H groups in total. The molecule has 0 aliphatic heterocycles. The van der Waals surface area contributed by atoms with E-state index in [2.05, 4.69) is 10.6 Å². The highest BCUT2D eigenvalue weighted by molar-refractivity contribution is 5.87. The van der Waals surface area contributed by atoms with Crippen molar-refractivity contribution in [2.24, 2.45) is 11.7 Å². The summed E-state index contributed by atoms with van der Waals surface area (Å²) < 4.78 is 0. The van der Waals surface area contributed by atoms with Crippen LogP contribution in [0.15, 0.2) is 0 Å². The molecule has 5 heteroatoms. The first kappa shape index (κ1) is 15.9. The van der Waals surface area contributed by atoms with E-state index in [0.29, 0.717) is 25.3 Å². The van der Waals surface area contributed by atoms with Crippen molar-refractivity contribution in [3.63, 3.8) is 0 Å². The van der Waals surface area contributed by atoms with Crippen molar-refractivity contribution in [2.45, 2.75) is 52.6 Å². The quantitative estimate of drug-likeness (QED) is 0.605. The monoisotopic (exact) mass is 243 g/mol. The van der Waals surface area contributed by atoms with Crippen molar-refractivity contribution in [3.8, 4) is 0 Å². The summed E-state index contributed by atoms with van der Waals surface area (Å²) in [5, 5.41) is 5.43. The maximum Gasteiger partial charge on any atom is 0.242 e. The third-order valence-corrected chi connectivity index (χ3v) is 2.28. The molecule has 0 spiro atoms. The third kappa shape index (κ3) is 8.68. The summed E-state index contributed by atoms with van der Waals surface area (Å²) in [6.07, 6.45) is 0.992. The molecule has 100 valence electrons. The molecule has 2 unspecified atom stereocenters. The lowest BCUT2D eigenvalue weighted by molar-refractivity contribution is -0.128. The van der Waals surface area contributed by atoms with Crippen LogP contribution < -0.4 is 16.4 Å². The minimum Gasteiger partial charge on any atom is -0.354 e. The van der Waals surface area contributed by atoms with Gasteiger partial charge in [0.1, 0.15) is 6.04 Å². The number of carbonyl (C=O) groups excluding carboxylic acids is 2. The summed E-state index contributed by atoms with van der Waals surface area (Å²) in [6.45, 7) is 8.20. The average Bonchev–Trinajstić information content (AvgIpc) is 2.22. The molecule has 17 heavy (non-hydrogen) atoms. The Kier molecular flexibility index (Phi) is 7.54. The van der Waals surface area contributed by atoms with Crippen LogP contribution in [-0.4, -0.2) is 30.4 Å². The second kappa shape index (κ2) is 8.06. The summed E-state index contributed by atoms with van der Waals surface area (Å²) in [6, 6.07) is -0.486. The number of nitrogens with two attached hydrogens (primary N) is 1. The van der Waals surface area contributed by atoms with Crippen LogP contribution in [0.4, 0.5) is 0 Å². The van der Waals surface area contributed by atoms with E-state index in [9.17, 15) is 9.59 Å². The van der Waals surface area contributed by atoms with E-state index in [-0.39, 0.29) is 17.9 Å². The topological polar surface area (TPSA) is 84.2 Å². The molecule has 5 nitrogen and oxygen atoms in total. The molecule has 0 saturated heterocycles. The lowest BCUT2D eigenvalue weighted by Gasteiger charge is -2.15. The first-order valence-corrected chi connectivity index (χ1v) is 6.15. The fourth-order valence-electron chi connectivity index (χ4n) is 1.20. The highest BCUT2D eigenvalue weighted by atomic mass is 16.2. The molecular weight excluding hydrogens is 218 g/mol. The molecule has 0 aromatic carbocycles. The largest absolute Gasteiger partial charge is 0.354 e. The van der Waals surface area contributed by atoms with Gasteiger partial charge in [-0.1, -0.05) is 13.8 Å². The van der Waals surface area contributed by atoms with Crippen molar-refractivity contribution in [3.05, 3.63) is 0 Å². The zero-order valence-electron chi connectivity index (χ0n) is 11.2. The van der Waals surface area contributed by atoms with Crippen molar-refractivity contribution >= 4 is 11.8 Å². The van der Waals surface area contributed by atoms with Gasteiger partial charge in [0.05, 0.1) is 0 Å². The minimum atomic E-state index is -0.491. The number of amides is 2. The van der Waals surface area contributed by atoms with Crippen LogP contribution >= 0.6 is 0 Å². The molecule has 0 aliphatic carbocycles. The number of carbonyl (C=O) groups is 2. The summed E-state index contributed by atoms with van der Waals surface area (Å²) in [5.41, 5.74) is 5.55. The molecule has 0 heterocycles. The second-order valence-corrected chi connectivity index (χ2v) is 4.94. The van der Waals surface area contributed by atoms with Gasteiger partial charge in [-0.25, -0.2) is 0 Å². The third-order valence-electron chi connectivity index (χ3n) is 2.28. The maximum atomic E-state index is 11.6. The Morgan fingerprint density at radius 2 is 1.76 bits per heavy atom. The lowest BCUT2D eigenvalue weighted by atomic mass is 10.2. The predicted molar refractivity (Wildman–Crippen MR) is 68.3 cm³/mol. The van der Waals surface area contributed by atoms with Gasteiger partial charge in [-0.3, -0.25) is 9.59 Å². The van der Waals surface area contributed by atoms with E-state index in [1.807, 2.05) is 20.8 Å². The molecule has 0 saturated carbocycles. The molecule has 0 aliphatic rings. The molecule has 0 aromatic rings. The Morgan fingerprint density at radius 1 is 1.18 bits per heavy atom. The highest BCUT2D eigenvalue weighted by Crippen LogP contribution is 1.95. The van der Waals surface area contributed by atoms with Crippen molar-refractivity contribution in [1.29, 1.82) is 0 Å². The van der Waals surface area contributed by atoms with E-state index < -0.39 is 6.04 Å². The Morgan fingerprint density at radius 3 is 2.24 bits per heavy atom. The van der Waals surface area contributed by atoms with Crippen LogP contribution in [0.25, 0.3) is 0 Å².